The molecule has 1 saturated carbocycles. The minimum atomic E-state index is 0.419. The van der Waals surface area contributed by atoms with E-state index >= 15 is 0 Å². The van der Waals surface area contributed by atoms with Gasteiger partial charge in [0.2, 0.25) is 0 Å². The molecular weight excluding hydrogens is 224 g/mol. The zero-order valence-electron chi connectivity index (χ0n) is 11.5. The highest BCUT2D eigenvalue weighted by Gasteiger charge is 2.33. The molecule has 0 spiro atoms. The highest BCUT2D eigenvalue weighted by molar-refractivity contribution is 5.03. The summed E-state index contributed by atoms with van der Waals surface area (Å²) in [4.78, 5) is 4.68. The quantitative estimate of drug-likeness (QED) is 0.873. The fraction of sp³-hybridized carbons (Fsp3) is 0.857. The molecule has 2 heterocycles. The van der Waals surface area contributed by atoms with Gasteiger partial charge in [-0.15, -0.1) is 0 Å². The first-order chi connectivity index (χ1) is 8.78. The molecule has 0 radical (unpaired) electrons. The summed E-state index contributed by atoms with van der Waals surface area (Å²) in [6.45, 7) is 2.12. The fourth-order valence-electron chi connectivity index (χ4n) is 3.60. The van der Waals surface area contributed by atoms with Gasteiger partial charge in [0.1, 0.15) is 5.82 Å². The van der Waals surface area contributed by atoms with Crippen LogP contribution in [0.5, 0.6) is 0 Å². The molecule has 3 atom stereocenters. The molecule has 1 aromatic heterocycles. The molecule has 1 saturated heterocycles. The van der Waals surface area contributed by atoms with Crippen LogP contribution in [0.2, 0.25) is 0 Å². The lowest BCUT2D eigenvalue weighted by atomic mass is 9.77. The summed E-state index contributed by atoms with van der Waals surface area (Å²) in [7, 11) is 2.02. The summed E-state index contributed by atoms with van der Waals surface area (Å²) in [6, 6.07) is 1.14. The van der Waals surface area contributed by atoms with Crippen molar-refractivity contribution in [3.63, 3.8) is 0 Å². The Bertz CT molecular complexity index is 412. The average molecular weight is 248 g/mol. The van der Waals surface area contributed by atoms with Crippen LogP contribution in [0.25, 0.3) is 0 Å². The second-order valence-corrected chi connectivity index (χ2v) is 5.81. The van der Waals surface area contributed by atoms with Gasteiger partial charge in [0.25, 0.3) is 0 Å². The number of fused-ring (bicyclic) bond motifs is 1. The van der Waals surface area contributed by atoms with Crippen LogP contribution in [0, 0.1) is 5.92 Å². The highest BCUT2D eigenvalue weighted by atomic mass is 15.3. The minimum absolute atomic E-state index is 0.419. The van der Waals surface area contributed by atoms with Gasteiger partial charge in [0, 0.05) is 19.5 Å². The van der Waals surface area contributed by atoms with Gasteiger partial charge >= 0.3 is 0 Å². The lowest BCUT2D eigenvalue weighted by Crippen LogP contribution is -2.45. The Balaban J connectivity index is 1.74. The second kappa shape index (κ2) is 5.00. The summed E-state index contributed by atoms with van der Waals surface area (Å²) >= 11 is 0. The van der Waals surface area contributed by atoms with Crippen molar-refractivity contribution < 1.29 is 0 Å². The number of piperidine rings is 1. The Morgan fingerprint density at radius 3 is 2.83 bits per heavy atom. The van der Waals surface area contributed by atoms with Gasteiger partial charge in [0.05, 0.1) is 6.04 Å². The average Bonchev–Trinajstić information content (AvgIpc) is 2.79. The van der Waals surface area contributed by atoms with Crippen LogP contribution in [-0.4, -0.2) is 20.8 Å². The monoisotopic (exact) mass is 248 g/mol. The highest BCUT2D eigenvalue weighted by Crippen LogP contribution is 2.36. The molecule has 2 aliphatic rings. The molecule has 4 heteroatoms. The zero-order valence-corrected chi connectivity index (χ0v) is 11.5. The summed E-state index contributed by atoms with van der Waals surface area (Å²) in [5, 5.41) is 8.30. The van der Waals surface area contributed by atoms with Crippen molar-refractivity contribution in [3.05, 3.63) is 11.6 Å². The van der Waals surface area contributed by atoms with Crippen molar-refractivity contribution >= 4 is 0 Å². The summed E-state index contributed by atoms with van der Waals surface area (Å²) < 4.78 is 1.97. The Morgan fingerprint density at radius 1 is 1.22 bits per heavy atom. The number of nitrogens with one attached hydrogen (secondary N) is 1. The number of hydrogen-bond donors (Lipinski definition) is 1. The number of hydrogen-bond acceptors (Lipinski definition) is 3. The number of aryl methyl sites for hydroxylation is 2. The van der Waals surface area contributed by atoms with Gasteiger partial charge in [-0.25, -0.2) is 4.98 Å². The maximum atomic E-state index is 4.68. The van der Waals surface area contributed by atoms with Crippen molar-refractivity contribution in [2.45, 2.75) is 64.0 Å². The summed E-state index contributed by atoms with van der Waals surface area (Å²) in [6.07, 6.45) is 9.08. The lowest BCUT2D eigenvalue weighted by Gasteiger charge is -2.40. The van der Waals surface area contributed by atoms with E-state index in [2.05, 4.69) is 22.3 Å². The van der Waals surface area contributed by atoms with Crippen molar-refractivity contribution in [2.75, 3.05) is 0 Å². The molecule has 0 bridgehead atoms. The van der Waals surface area contributed by atoms with Crippen LogP contribution in [0.3, 0.4) is 0 Å². The SMILES string of the molecule is CCc1nc(C2CCC3CCCCC3N2)n(C)n1. The smallest absolute Gasteiger partial charge is 0.150 e. The number of aromatic nitrogens is 3. The third-order valence-electron chi connectivity index (χ3n) is 4.62. The molecule has 0 amide bonds. The lowest BCUT2D eigenvalue weighted by molar-refractivity contribution is 0.171. The number of nitrogens with zero attached hydrogens (tertiary/aromatic N) is 3. The molecule has 1 aliphatic carbocycles. The molecule has 1 N–H and O–H groups in total. The first-order valence-electron chi connectivity index (χ1n) is 7.43. The summed E-state index contributed by atoms with van der Waals surface area (Å²) in [5.41, 5.74) is 0. The van der Waals surface area contributed by atoms with E-state index in [1.807, 2.05) is 11.7 Å². The maximum Gasteiger partial charge on any atom is 0.150 e. The van der Waals surface area contributed by atoms with Crippen LogP contribution in [-0.2, 0) is 13.5 Å². The van der Waals surface area contributed by atoms with Crippen molar-refractivity contribution in [1.29, 1.82) is 0 Å². The third-order valence-corrected chi connectivity index (χ3v) is 4.62. The minimum Gasteiger partial charge on any atom is -0.304 e. The third kappa shape index (κ3) is 2.18. The summed E-state index contributed by atoms with van der Waals surface area (Å²) in [5.74, 6) is 3.02. The van der Waals surface area contributed by atoms with Crippen LogP contribution in [0.4, 0.5) is 0 Å². The van der Waals surface area contributed by atoms with Crippen molar-refractivity contribution in [3.8, 4) is 0 Å². The fourth-order valence-corrected chi connectivity index (χ4v) is 3.60. The molecule has 100 valence electrons. The normalized spacial score (nSPS) is 32.2. The van der Waals surface area contributed by atoms with E-state index in [1.54, 1.807) is 0 Å². The first kappa shape index (κ1) is 12.2. The Morgan fingerprint density at radius 2 is 2.06 bits per heavy atom. The van der Waals surface area contributed by atoms with Crippen molar-refractivity contribution in [2.24, 2.45) is 13.0 Å². The van der Waals surface area contributed by atoms with Gasteiger partial charge in [-0.2, -0.15) is 5.10 Å². The van der Waals surface area contributed by atoms with E-state index in [-0.39, 0.29) is 0 Å². The zero-order chi connectivity index (χ0) is 12.5. The van der Waals surface area contributed by atoms with Gasteiger partial charge in [-0.3, -0.25) is 4.68 Å². The van der Waals surface area contributed by atoms with E-state index in [9.17, 15) is 0 Å². The Kier molecular flexibility index (Phi) is 3.37. The van der Waals surface area contributed by atoms with Gasteiger partial charge in [-0.1, -0.05) is 19.8 Å². The molecule has 1 aliphatic heterocycles. The Hall–Kier alpha value is -0.900. The molecule has 18 heavy (non-hydrogen) atoms. The van der Waals surface area contributed by atoms with Crippen molar-refractivity contribution in [1.82, 2.24) is 20.1 Å². The van der Waals surface area contributed by atoms with E-state index in [0.29, 0.717) is 6.04 Å². The van der Waals surface area contributed by atoms with Gasteiger partial charge in [-0.05, 0) is 31.6 Å². The maximum absolute atomic E-state index is 4.68. The van der Waals surface area contributed by atoms with Crippen LogP contribution >= 0.6 is 0 Å². The first-order valence-corrected chi connectivity index (χ1v) is 7.43. The van der Waals surface area contributed by atoms with E-state index in [4.69, 9.17) is 0 Å². The van der Waals surface area contributed by atoms with E-state index in [1.165, 1.54) is 38.5 Å². The van der Waals surface area contributed by atoms with E-state index in [0.717, 1.165) is 30.0 Å². The number of rotatable bonds is 2. The molecule has 3 rings (SSSR count). The standard InChI is InChI=1S/C14H24N4/c1-3-13-16-14(18(2)17-13)12-9-8-10-6-4-5-7-11(10)15-12/h10-12,15H,3-9H2,1-2H3. The molecule has 2 fully saturated rings. The molecule has 1 aromatic rings. The topological polar surface area (TPSA) is 42.7 Å². The van der Waals surface area contributed by atoms with Crippen LogP contribution in [0.15, 0.2) is 0 Å². The van der Waals surface area contributed by atoms with E-state index < -0.39 is 0 Å². The van der Waals surface area contributed by atoms with Crippen LogP contribution < -0.4 is 5.32 Å². The molecular formula is C14H24N4. The molecule has 0 aromatic carbocycles. The Labute approximate surface area is 109 Å². The van der Waals surface area contributed by atoms with Gasteiger partial charge < -0.3 is 5.32 Å². The predicted octanol–water partition coefficient (Wildman–Crippen LogP) is 2.36. The largest absolute Gasteiger partial charge is 0.304 e. The predicted molar refractivity (Wildman–Crippen MR) is 71.2 cm³/mol. The molecule has 4 nitrogen and oxygen atoms in total. The van der Waals surface area contributed by atoms with Gasteiger partial charge in [0.15, 0.2) is 5.82 Å². The molecule has 3 unspecified atom stereocenters. The second-order valence-electron chi connectivity index (χ2n) is 5.81. The van der Waals surface area contributed by atoms with Crippen LogP contribution in [0.1, 0.15) is 63.1 Å².